The summed E-state index contributed by atoms with van der Waals surface area (Å²) >= 11 is 6.26. The third-order valence-electron chi connectivity index (χ3n) is 4.65. The van der Waals surface area contributed by atoms with Crippen LogP contribution >= 0.6 is 11.6 Å². The van der Waals surface area contributed by atoms with Crippen molar-refractivity contribution in [1.82, 2.24) is 10.3 Å². The predicted molar refractivity (Wildman–Crippen MR) is 127 cm³/mol. The van der Waals surface area contributed by atoms with Gasteiger partial charge in [-0.25, -0.2) is 9.18 Å². The van der Waals surface area contributed by atoms with Gasteiger partial charge in [0.05, 0.1) is 5.69 Å². The number of ether oxygens (including phenoxy) is 1. The topological polar surface area (TPSA) is 92.4 Å². The summed E-state index contributed by atoms with van der Waals surface area (Å²) in [5, 5.41) is 8.23. The molecule has 0 saturated heterocycles. The zero-order chi connectivity index (χ0) is 24.2. The van der Waals surface area contributed by atoms with Crippen molar-refractivity contribution in [1.29, 1.82) is 0 Å². The molecular weight excluding hydrogens is 447 g/mol. The Morgan fingerprint density at radius 2 is 1.73 bits per heavy atom. The molecule has 3 rings (SSSR count). The van der Waals surface area contributed by atoms with Gasteiger partial charge in [-0.3, -0.25) is 9.78 Å². The number of pyridine rings is 1. The number of halogens is 2. The quantitative estimate of drug-likeness (QED) is 0.428. The number of carbonyl (C=O) groups is 2. The minimum atomic E-state index is -0.685. The van der Waals surface area contributed by atoms with E-state index in [-0.39, 0.29) is 28.5 Å². The van der Waals surface area contributed by atoms with Gasteiger partial charge < -0.3 is 20.7 Å². The zero-order valence-electron chi connectivity index (χ0n) is 18.6. The fourth-order valence-electron chi connectivity index (χ4n) is 2.99. The summed E-state index contributed by atoms with van der Waals surface area (Å²) in [6.45, 7) is 6.05. The highest BCUT2D eigenvalue weighted by Gasteiger charge is 2.18. The second-order valence-corrected chi connectivity index (χ2v) is 8.63. The lowest BCUT2D eigenvalue weighted by atomic mass is 9.87. The molecular formula is C24H24ClFN4O3. The molecule has 3 aromatic rings. The lowest BCUT2D eigenvalue weighted by Crippen LogP contribution is -2.21. The van der Waals surface area contributed by atoms with E-state index in [1.165, 1.54) is 31.4 Å². The fraction of sp³-hybridized carbons (Fsp3) is 0.208. The summed E-state index contributed by atoms with van der Waals surface area (Å²) in [4.78, 5) is 28.0. The number of rotatable bonds is 5. The summed E-state index contributed by atoms with van der Waals surface area (Å²) in [5.74, 6) is -0.541. The van der Waals surface area contributed by atoms with Crippen molar-refractivity contribution in [3.63, 3.8) is 0 Å². The first-order valence-electron chi connectivity index (χ1n) is 10.1. The number of urea groups is 1. The molecule has 0 radical (unpaired) electrons. The van der Waals surface area contributed by atoms with Crippen LogP contribution in [0.3, 0.4) is 0 Å². The lowest BCUT2D eigenvalue weighted by molar-refractivity contribution is 0.0957. The van der Waals surface area contributed by atoms with Crippen molar-refractivity contribution < 1.29 is 18.7 Å². The van der Waals surface area contributed by atoms with Gasteiger partial charge in [-0.1, -0.05) is 32.4 Å². The van der Waals surface area contributed by atoms with Crippen LogP contribution in [0.25, 0.3) is 0 Å². The van der Waals surface area contributed by atoms with E-state index in [9.17, 15) is 14.0 Å². The van der Waals surface area contributed by atoms with Crippen molar-refractivity contribution in [3.8, 4) is 11.5 Å². The Morgan fingerprint density at radius 3 is 2.39 bits per heavy atom. The molecule has 33 heavy (non-hydrogen) atoms. The predicted octanol–water partition coefficient (Wildman–Crippen LogP) is 5.97. The van der Waals surface area contributed by atoms with Crippen LogP contribution in [0.15, 0.2) is 54.7 Å². The molecule has 0 bridgehead atoms. The number of hydrogen-bond acceptors (Lipinski definition) is 4. The van der Waals surface area contributed by atoms with Crippen LogP contribution < -0.4 is 20.7 Å². The van der Waals surface area contributed by atoms with Crippen LogP contribution in [0, 0.1) is 5.82 Å². The second kappa shape index (κ2) is 9.87. The van der Waals surface area contributed by atoms with E-state index in [4.69, 9.17) is 16.3 Å². The molecule has 3 N–H and O–H groups in total. The van der Waals surface area contributed by atoms with Crippen LogP contribution in [-0.4, -0.2) is 24.0 Å². The molecule has 0 saturated carbocycles. The number of aromatic nitrogens is 1. The highest BCUT2D eigenvalue weighted by Crippen LogP contribution is 2.32. The van der Waals surface area contributed by atoms with Gasteiger partial charge in [-0.15, -0.1) is 0 Å². The SMILES string of the molecule is CNC(=O)c1cc(Oc2ccc(NC(=O)Nc3ccc(Cl)c(C(C)(C)C)c3)c(F)c2)ccn1. The van der Waals surface area contributed by atoms with E-state index in [0.717, 1.165) is 11.6 Å². The van der Waals surface area contributed by atoms with Crippen LogP contribution in [0.4, 0.5) is 20.6 Å². The molecule has 0 aliphatic heterocycles. The van der Waals surface area contributed by atoms with Gasteiger partial charge in [0.1, 0.15) is 23.0 Å². The van der Waals surface area contributed by atoms with Crippen LogP contribution in [0.2, 0.25) is 5.02 Å². The van der Waals surface area contributed by atoms with Gasteiger partial charge in [-0.05, 0) is 47.4 Å². The average Bonchev–Trinajstić information content (AvgIpc) is 2.76. The molecule has 0 fully saturated rings. The summed E-state index contributed by atoms with van der Waals surface area (Å²) in [6, 6.07) is 11.6. The van der Waals surface area contributed by atoms with Crippen molar-refractivity contribution in [2.75, 3.05) is 17.7 Å². The van der Waals surface area contributed by atoms with Gasteiger partial charge in [0.2, 0.25) is 0 Å². The maximum atomic E-state index is 14.6. The van der Waals surface area contributed by atoms with Gasteiger partial charge >= 0.3 is 6.03 Å². The molecule has 1 aromatic heterocycles. The molecule has 0 spiro atoms. The highest BCUT2D eigenvalue weighted by molar-refractivity contribution is 6.31. The van der Waals surface area contributed by atoms with Gasteiger partial charge in [0, 0.05) is 36.1 Å². The minimum Gasteiger partial charge on any atom is -0.457 e. The second-order valence-electron chi connectivity index (χ2n) is 8.22. The maximum absolute atomic E-state index is 14.6. The van der Waals surface area contributed by atoms with Crippen molar-refractivity contribution in [2.45, 2.75) is 26.2 Å². The number of nitrogens with one attached hydrogen (secondary N) is 3. The van der Waals surface area contributed by atoms with Gasteiger partial charge in [-0.2, -0.15) is 0 Å². The number of hydrogen-bond donors (Lipinski definition) is 3. The Labute approximate surface area is 196 Å². The molecule has 0 aliphatic rings. The smallest absolute Gasteiger partial charge is 0.323 e. The summed E-state index contributed by atoms with van der Waals surface area (Å²) in [6.07, 6.45) is 1.42. The van der Waals surface area contributed by atoms with E-state index in [2.05, 4.69) is 20.9 Å². The number of nitrogens with zero attached hydrogens (tertiary/aromatic N) is 1. The van der Waals surface area contributed by atoms with Crippen molar-refractivity contribution in [3.05, 3.63) is 76.8 Å². The van der Waals surface area contributed by atoms with Crippen LogP contribution in [0.5, 0.6) is 11.5 Å². The highest BCUT2D eigenvalue weighted by atomic mass is 35.5. The number of amides is 3. The number of benzene rings is 2. The molecule has 7 nitrogen and oxygen atoms in total. The van der Waals surface area contributed by atoms with Crippen LogP contribution in [-0.2, 0) is 5.41 Å². The molecule has 172 valence electrons. The van der Waals surface area contributed by atoms with Gasteiger partial charge in [0.15, 0.2) is 0 Å². The summed E-state index contributed by atoms with van der Waals surface area (Å²) in [7, 11) is 1.49. The van der Waals surface area contributed by atoms with E-state index in [1.54, 1.807) is 24.3 Å². The first-order valence-corrected chi connectivity index (χ1v) is 10.5. The Kier molecular flexibility index (Phi) is 7.18. The Balaban J connectivity index is 1.68. The Bertz CT molecular complexity index is 1190. The number of carbonyl (C=O) groups excluding carboxylic acids is 2. The first-order chi connectivity index (χ1) is 15.6. The molecule has 1 heterocycles. The monoisotopic (exact) mass is 470 g/mol. The van der Waals surface area contributed by atoms with E-state index in [1.807, 2.05) is 20.8 Å². The third-order valence-corrected chi connectivity index (χ3v) is 4.98. The molecule has 0 aliphatic carbocycles. The standard InChI is InChI=1S/C24H24ClFN4O3/c1-24(2,3)17-11-14(5-7-18(17)25)29-23(32)30-20-8-6-15(12-19(20)26)33-16-9-10-28-21(13-16)22(31)27-4/h5-13H,1-4H3,(H,27,31)(H2,29,30,32). The van der Waals surface area contributed by atoms with E-state index < -0.39 is 11.8 Å². The van der Waals surface area contributed by atoms with E-state index in [0.29, 0.717) is 16.5 Å². The van der Waals surface area contributed by atoms with Crippen LogP contribution in [0.1, 0.15) is 36.8 Å². The third kappa shape index (κ3) is 6.20. The fourth-order valence-corrected chi connectivity index (χ4v) is 3.39. The van der Waals surface area contributed by atoms with Gasteiger partial charge in [0.25, 0.3) is 5.91 Å². The van der Waals surface area contributed by atoms with Crippen molar-refractivity contribution >= 4 is 34.9 Å². The summed E-state index contributed by atoms with van der Waals surface area (Å²) in [5.41, 5.74) is 1.35. The lowest BCUT2D eigenvalue weighted by Gasteiger charge is -2.21. The Hall–Kier alpha value is -3.65. The average molecular weight is 471 g/mol. The maximum Gasteiger partial charge on any atom is 0.323 e. The Morgan fingerprint density at radius 1 is 1.00 bits per heavy atom. The van der Waals surface area contributed by atoms with Crippen molar-refractivity contribution in [2.24, 2.45) is 0 Å². The zero-order valence-corrected chi connectivity index (χ0v) is 19.4. The molecule has 3 amide bonds. The first kappa shape index (κ1) is 24.0. The minimum absolute atomic E-state index is 0.0226. The molecule has 0 unspecified atom stereocenters. The number of anilines is 2. The van der Waals surface area contributed by atoms with E-state index >= 15 is 0 Å². The largest absolute Gasteiger partial charge is 0.457 e. The normalized spacial score (nSPS) is 11.0. The molecule has 2 aromatic carbocycles. The molecule has 9 heteroatoms. The summed E-state index contributed by atoms with van der Waals surface area (Å²) < 4.78 is 20.2. The molecule has 0 atom stereocenters.